The van der Waals surface area contributed by atoms with Crippen LogP contribution in [-0.2, 0) is 11.3 Å². The minimum absolute atomic E-state index is 0.0296. The maximum Gasteiger partial charge on any atom is 0.315 e. The zero-order chi connectivity index (χ0) is 11.1. The van der Waals surface area contributed by atoms with E-state index < -0.39 is 0 Å². The van der Waals surface area contributed by atoms with E-state index in [0.717, 1.165) is 10.0 Å². The fraction of sp³-hybridized carbons (Fsp3) is 0.200. The standard InChI is InChI=1S/C10H11BrN2O2/c11-9-4-2-1-3-8(9)7-13-10(15)12-5-6-14/h1-4,6H,5,7H2,(H2,12,13,15). The lowest BCUT2D eigenvalue weighted by atomic mass is 10.2. The van der Waals surface area contributed by atoms with Crippen LogP contribution in [0.1, 0.15) is 5.56 Å². The molecule has 5 heteroatoms. The number of nitrogens with one attached hydrogen (secondary N) is 2. The van der Waals surface area contributed by atoms with Crippen LogP contribution in [0.3, 0.4) is 0 Å². The number of amides is 2. The van der Waals surface area contributed by atoms with E-state index in [-0.39, 0.29) is 12.6 Å². The van der Waals surface area contributed by atoms with Crippen LogP contribution in [0.15, 0.2) is 28.7 Å². The molecule has 1 rings (SSSR count). The van der Waals surface area contributed by atoms with Crippen molar-refractivity contribution in [1.82, 2.24) is 10.6 Å². The van der Waals surface area contributed by atoms with Crippen LogP contribution in [0.25, 0.3) is 0 Å². The van der Waals surface area contributed by atoms with Crippen molar-refractivity contribution in [2.45, 2.75) is 6.54 Å². The highest BCUT2D eigenvalue weighted by molar-refractivity contribution is 9.10. The summed E-state index contributed by atoms with van der Waals surface area (Å²) in [5.74, 6) is 0. The molecule has 2 N–H and O–H groups in total. The number of carbonyl (C=O) groups excluding carboxylic acids is 2. The number of hydrogen-bond acceptors (Lipinski definition) is 2. The van der Waals surface area contributed by atoms with Crippen molar-refractivity contribution in [2.75, 3.05) is 6.54 Å². The molecule has 80 valence electrons. The number of benzene rings is 1. The van der Waals surface area contributed by atoms with E-state index in [1.807, 2.05) is 24.3 Å². The summed E-state index contributed by atoms with van der Waals surface area (Å²) in [5, 5.41) is 5.02. The largest absolute Gasteiger partial charge is 0.334 e. The molecule has 0 bridgehead atoms. The second kappa shape index (κ2) is 6.19. The average Bonchev–Trinajstić information content (AvgIpc) is 2.25. The van der Waals surface area contributed by atoms with E-state index in [2.05, 4.69) is 26.6 Å². The second-order valence-electron chi connectivity index (χ2n) is 2.82. The zero-order valence-corrected chi connectivity index (χ0v) is 9.58. The number of rotatable bonds is 4. The summed E-state index contributed by atoms with van der Waals surface area (Å²) in [6, 6.07) is 7.26. The smallest absolute Gasteiger partial charge is 0.315 e. The van der Waals surface area contributed by atoms with Crippen molar-refractivity contribution >= 4 is 28.2 Å². The lowest BCUT2D eigenvalue weighted by molar-refractivity contribution is -0.107. The molecule has 15 heavy (non-hydrogen) atoms. The molecule has 0 aliphatic rings. The molecule has 2 amide bonds. The summed E-state index contributed by atoms with van der Waals surface area (Å²) >= 11 is 3.37. The Kier molecular flexibility index (Phi) is 4.83. The van der Waals surface area contributed by atoms with Crippen molar-refractivity contribution in [3.8, 4) is 0 Å². The average molecular weight is 271 g/mol. The molecule has 0 heterocycles. The second-order valence-corrected chi connectivity index (χ2v) is 3.68. The van der Waals surface area contributed by atoms with Gasteiger partial charge in [-0.05, 0) is 11.6 Å². The zero-order valence-electron chi connectivity index (χ0n) is 8.00. The van der Waals surface area contributed by atoms with Gasteiger partial charge >= 0.3 is 6.03 Å². The van der Waals surface area contributed by atoms with Crippen molar-refractivity contribution in [1.29, 1.82) is 0 Å². The Hall–Kier alpha value is -1.36. The lowest BCUT2D eigenvalue weighted by Crippen LogP contribution is -2.36. The maximum atomic E-state index is 11.1. The van der Waals surface area contributed by atoms with Crippen molar-refractivity contribution < 1.29 is 9.59 Å². The molecule has 1 aromatic carbocycles. The molecular formula is C10H11BrN2O2. The van der Waals surface area contributed by atoms with Gasteiger partial charge in [0.2, 0.25) is 0 Å². The molecule has 0 radical (unpaired) electrons. The Morgan fingerprint density at radius 2 is 2.07 bits per heavy atom. The number of urea groups is 1. The Bertz CT molecular complexity index is 355. The molecule has 0 spiro atoms. The molecule has 0 aliphatic carbocycles. The number of carbonyl (C=O) groups is 2. The first-order chi connectivity index (χ1) is 7.24. The summed E-state index contributed by atoms with van der Waals surface area (Å²) < 4.78 is 0.945. The van der Waals surface area contributed by atoms with Crippen molar-refractivity contribution in [3.05, 3.63) is 34.3 Å². The highest BCUT2D eigenvalue weighted by atomic mass is 79.9. The normalized spacial score (nSPS) is 9.40. The van der Waals surface area contributed by atoms with Gasteiger partial charge in [0.05, 0.1) is 6.54 Å². The minimum Gasteiger partial charge on any atom is -0.334 e. The van der Waals surface area contributed by atoms with E-state index in [9.17, 15) is 9.59 Å². The molecule has 1 aromatic rings. The van der Waals surface area contributed by atoms with Crippen LogP contribution in [0, 0.1) is 0 Å². The highest BCUT2D eigenvalue weighted by Gasteiger charge is 2.01. The summed E-state index contributed by atoms with van der Waals surface area (Å²) in [6.45, 7) is 0.452. The molecule has 0 atom stereocenters. The van der Waals surface area contributed by atoms with Crippen LogP contribution >= 0.6 is 15.9 Å². The van der Waals surface area contributed by atoms with Gasteiger partial charge < -0.3 is 15.4 Å². The SMILES string of the molecule is O=CCNC(=O)NCc1ccccc1Br. The molecule has 0 saturated carbocycles. The molecule has 0 aliphatic heterocycles. The van der Waals surface area contributed by atoms with E-state index >= 15 is 0 Å². The third-order valence-electron chi connectivity index (χ3n) is 1.74. The summed E-state index contributed by atoms with van der Waals surface area (Å²) in [4.78, 5) is 21.1. The van der Waals surface area contributed by atoms with E-state index in [1.54, 1.807) is 0 Å². The van der Waals surface area contributed by atoms with Gasteiger partial charge in [-0.1, -0.05) is 34.1 Å². The third kappa shape index (κ3) is 4.12. The van der Waals surface area contributed by atoms with Gasteiger partial charge in [-0.25, -0.2) is 4.79 Å². The maximum absolute atomic E-state index is 11.1. The molecule has 0 fully saturated rings. The van der Waals surface area contributed by atoms with Crippen LogP contribution < -0.4 is 10.6 Å². The van der Waals surface area contributed by atoms with Gasteiger partial charge in [-0.3, -0.25) is 0 Å². The van der Waals surface area contributed by atoms with Gasteiger partial charge in [0.1, 0.15) is 6.29 Å². The minimum atomic E-state index is -0.349. The number of aldehydes is 1. The Labute approximate surface area is 96.2 Å². The van der Waals surface area contributed by atoms with Crippen LogP contribution in [0.5, 0.6) is 0 Å². The fourth-order valence-electron chi connectivity index (χ4n) is 1.01. The highest BCUT2D eigenvalue weighted by Crippen LogP contribution is 2.14. The van der Waals surface area contributed by atoms with Gasteiger partial charge in [-0.15, -0.1) is 0 Å². The van der Waals surface area contributed by atoms with Crippen LogP contribution in [0.4, 0.5) is 4.79 Å². The number of halogens is 1. The first kappa shape index (κ1) is 11.7. The molecule has 0 saturated heterocycles. The Balaban J connectivity index is 2.40. The molecular weight excluding hydrogens is 260 g/mol. The van der Waals surface area contributed by atoms with E-state index in [0.29, 0.717) is 12.8 Å². The fourth-order valence-corrected chi connectivity index (χ4v) is 1.44. The van der Waals surface area contributed by atoms with Crippen molar-refractivity contribution in [2.24, 2.45) is 0 Å². The van der Waals surface area contributed by atoms with Crippen molar-refractivity contribution in [3.63, 3.8) is 0 Å². The Morgan fingerprint density at radius 3 is 2.73 bits per heavy atom. The van der Waals surface area contributed by atoms with Gasteiger partial charge in [0.15, 0.2) is 0 Å². The van der Waals surface area contributed by atoms with Crippen LogP contribution in [0.2, 0.25) is 0 Å². The quantitative estimate of drug-likeness (QED) is 0.814. The van der Waals surface area contributed by atoms with E-state index in [1.165, 1.54) is 0 Å². The number of hydrogen-bond donors (Lipinski definition) is 2. The summed E-state index contributed by atoms with van der Waals surface area (Å²) in [5.41, 5.74) is 0.985. The summed E-state index contributed by atoms with van der Waals surface area (Å²) in [7, 11) is 0. The molecule has 0 aromatic heterocycles. The van der Waals surface area contributed by atoms with Gasteiger partial charge in [-0.2, -0.15) is 0 Å². The van der Waals surface area contributed by atoms with Gasteiger partial charge in [0.25, 0.3) is 0 Å². The lowest BCUT2D eigenvalue weighted by Gasteiger charge is -2.06. The Morgan fingerprint density at radius 1 is 1.33 bits per heavy atom. The first-order valence-electron chi connectivity index (χ1n) is 4.43. The molecule has 4 nitrogen and oxygen atoms in total. The summed E-state index contributed by atoms with van der Waals surface area (Å²) in [6.07, 6.45) is 0.637. The topological polar surface area (TPSA) is 58.2 Å². The van der Waals surface area contributed by atoms with E-state index in [4.69, 9.17) is 0 Å². The van der Waals surface area contributed by atoms with Crippen LogP contribution in [-0.4, -0.2) is 18.9 Å². The molecule has 0 unspecified atom stereocenters. The monoisotopic (exact) mass is 270 g/mol. The van der Waals surface area contributed by atoms with Gasteiger partial charge in [0, 0.05) is 11.0 Å². The third-order valence-corrected chi connectivity index (χ3v) is 2.52. The first-order valence-corrected chi connectivity index (χ1v) is 5.22. The predicted molar refractivity (Wildman–Crippen MR) is 60.4 cm³/mol. The predicted octanol–water partition coefficient (Wildman–Crippen LogP) is 1.45.